The Bertz CT molecular complexity index is 163. The lowest BCUT2D eigenvalue weighted by Crippen LogP contribution is -2.48. The van der Waals surface area contributed by atoms with E-state index >= 15 is 0 Å². The van der Waals surface area contributed by atoms with E-state index < -0.39 is 0 Å². The summed E-state index contributed by atoms with van der Waals surface area (Å²) < 4.78 is 0. The van der Waals surface area contributed by atoms with Crippen LogP contribution in [0.25, 0.3) is 0 Å². The van der Waals surface area contributed by atoms with Gasteiger partial charge in [0.15, 0.2) is 0 Å². The van der Waals surface area contributed by atoms with Crippen molar-refractivity contribution in [1.29, 1.82) is 0 Å². The molecule has 0 saturated heterocycles. The van der Waals surface area contributed by atoms with Crippen molar-refractivity contribution < 1.29 is 5.11 Å². The molecular weight excluding hydrogens is 138 g/mol. The van der Waals surface area contributed by atoms with Crippen LogP contribution in [0, 0.1) is 17.3 Å². The zero-order valence-corrected chi connectivity index (χ0v) is 7.09. The molecule has 2 atom stereocenters. The summed E-state index contributed by atoms with van der Waals surface area (Å²) >= 11 is 0. The standard InChI is InChI=1S/C9H17NO/c1-6-2-8(6)9(5-10)3-7(11)4-9/h6-8,11H,2-5,10H2,1H3. The van der Waals surface area contributed by atoms with E-state index in [9.17, 15) is 5.11 Å². The Balaban J connectivity index is 1.97. The summed E-state index contributed by atoms with van der Waals surface area (Å²) in [6.07, 6.45) is 3.20. The van der Waals surface area contributed by atoms with Gasteiger partial charge >= 0.3 is 0 Å². The Morgan fingerprint density at radius 1 is 1.55 bits per heavy atom. The second-order valence-electron chi connectivity index (χ2n) is 4.45. The summed E-state index contributed by atoms with van der Waals surface area (Å²) in [4.78, 5) is 0. The molecule has 0 aromatic rings. The summed E-state index contributed by atoms with van der Waals surface area (Å²) in [6.45, 7) is 3.06. The molecule has 2 saturated carbocycles. The summed E-state index contributed by atoms with van der Waals surface area (Å²) in [5.41, 5.74) is 6.07. The highest BCUT2D eigenvalue weighted by molar-refractivity contribution is 5.06. The molecule has 0 spiro atoms. The second-order valence-corrected chi connectivity index (χ2v) is 4.45. The van der Waals surface area contributed by atoms with E-state index in [0.717, 1.165) is 31.2 Å². The van der Waals surface area contributed by atoms with E-state index in [4.69, 9.17) is 5.73 Å². The Morgan fingerprint density at radius 3 is 2.36 bits per heavy atom. The molecule has 2 nitrogen and oxygen atoms in total. The molecule has 2 rings (SSSR count). The Morgan fingerprint density at radius 2 is 2.09 bits per heavy atom. The fourth-order valence-corrected chi connectivity index (χ4v) is 2.68. The maximum absolute atomic E-state index is 9.22. The molecule has 0 radical (unpaired) electrons. The summed E-state index contributed by atoms with van der Waals surface area (Å²) in [6, 6.07) is 0. The van der Waals surface area contributed by atoms with Crippen molar-refractivity contribution in [1.82, 2.24) is 0 Å². The molecule has 0 aromatic carbocycles. The van der Waals surface area contributed by atoms with Gasteiger partial charge < -0.3 is 10.8 Å². The van der Waals surface area contributed by atoms with Crippen molar-refractivity contribution in [3.05, 3.63) is 0 Å². The summed E-state index contributed by atoms with van der Waals surface area (Å²) in [5, 5.41) is 9.22. The third kappa shape index (κ3) is 1.00. The van der Waals surface area contributed by atoms with Gasteiger partial charge in [-0.05, 0) is 43.1 Å². The summed E-state index contributed by atoms with van der Waals surface area (Å²) in [5.74, 6) is 1.70. The monoisotopic (exact) mass is 155 g/mol. The maximum atomic E-state index is 9.22. The van der Waals surface area contributed by atoms with E-state index in [1.165, 1.54) is 6.42 Å². The first-order valence-corrected chi connectivity index (χ1v) is 4.56. The van der Waals surface area contributed by atoms with Gasteiger partial charge in [0.1, 0.15) is 0 Å². The zero-order chi connectivity index (χ0) is 8.06. The minimum absolute atomic E-state index is 0.0497. The van der Waals surface area contributed by atoms with Crippen LogP contribution < -0.4 is 5.73 Å². The quantitative estimate of drug-likeness (QED) is 0.618. The van der Waals surface area contributed by atoms with Gasteiger partial charge in [-0.25, -0.2) is 0 Å². The lowest BCUT2D eigenvalue weighted by Gasteiger charge is -2.45. The van der Waals surface area contributed by atoms with Crippen LogP contribution in [0.3, 0.4) is 0 Å². The molecule has 0 heterocycles. The van der Waals surface area contributed by atoms with Crippen molar-refractivity contribution >= 4 is 0 Å². The van der Waals surface area contributed by atoms with Crippen LogP contribution in [-0.4, -0.2) is 17.8 Å². The average molecular weight is 155 g/mol. The van der Waals surface area contributed by atoms with Crippen molar-refractivity contribution in [2.75, 3.05) is 6.54 Å². The van der Waals surface area contributed by atoms with Crippen LogP contribution in [0.15, 0.2) is 0 Å². The number of aliphatic hydroxyl groups excluding tert-OH is 1. The zero-order valence-electron chi connectivity index (χ0n) is 7.09. The maximum Gasteiger partial charge on any atom is 0.0552 e. The molecule has 11 heavy (non-hydrogen) atoms. The van der Waals surface area contributed by atoms with Crippen molar-refractivity contribution in [3.63, 3.8) is 0 Å². The average Bonchev–Trinajstić information content (AvgIpc) is 2.60. The van der Waals surface area contributed by atoms with E-state index in [-0.39, 0.29) is 6.10 Å². The van der Waals surface area contributed by atoms with Crippen LogP contribution in [0.2, 0.25) is 0 Å². The summed E-state index contributed by atoms with van der Waals surface area (Å²) in [7, 11) is 0. The highest BCUT2D eigenvalue weighted by Crippen LogP contribution is 2.59. The molecule has 2 heteroatoms. The second kappa shape index (κ2) is 2.20. The van der Waals surface area contributed by atoms with Crippen LogP contribution in [0.5, 0.6) is 0 Å². The smallest absolute Gasteiger partial charge is 0.0552 e. The number of aliphatic hydroxyl groups is 1. The minimum Gasteiger partial charge on any atom is -0.393 e. The van der Waals surface area contributed by atoms with Gasteiger partial charge in [0.25, 0.3) is 0 Å². The molecule has 64 valence electrons. The van der Waals surface area contributed by atoms with Crippen LogP contribution in [0.4, 0.5) is 0 Å². The first-order chi connectivity index (χ1) is 5.18. The Labute approximate surface area is 67.8 Å². The molecule has 2 unspecified atom stereocenters. The Kier molecular flexibility index (Phi) is 1.52. The highest BCUT2D eigenvalue weighted by Gasteiger charge is 2.55. The Hall–Kier alpha value is -0.0800. The highest BCUT2D eigenvalue weighted by atomic mass is 16.3. The van der Waals surface area contributed by atoms with Gasteiger partial charge in [-0.2, -0.15) is 0 Å². The topological polar surface area (TPSA) is 46.2 Å². The molecule has 0 amide bonds. The van der Waals surface area contributed by atoms with Gasteiger partial charge in [-0.3, -0.25) is 0 Å². The van der Waals surface area contributed by atoms with Gasteiger partial charge in [0.2, 0.25) is 0 Å². The van der Waals surface area contributed by atoms with Gasteiger partial charge in [0.05, 0.1) is 6.10 Å². The number of rotatable bonds is 2. The fraction of sp³-hybridized carbons (Fsp3) is 1.00. The molecule has 3 N–H and O–H groups in total. The van der Waals surface area contributed by atoms with Crippen LogP contribution >= 0.6 is 0 Å². The molecule has 0 aromatic heterocycles. The van der Waals surface area contributed by atoms with Crippen molar-refractivity contribution in [3.8, 4) is 0 Å². The molecule has 0 aliphatic heterocycles. The minimum atomic E-state index is -0.0497. The van der Waals surface area contributed by atoms with Gasteiger partial charge in [-0.1, -0.05) is 6.92 Å². The first-order valence-electron chi connectivity index (χ1n) is 4.56. The lowest BCUT2D eigenvalue weighted by atomic mass is 9.63. The lowest BCUT2D eigenvalue weighted by molar-refractivity contribution is -0.0433. The largest absolute Gasteiger partial charge is 0.393 e. The molecule has 2 aliphatic carbocycles. The number of hydrogen-bond donors (Lipinski definition) is 2. The molecule has 2 aliphatic rings. The third-order valence-corrected chi connectivity index (χ3v) is 3.59. The SMILES string of the molecule is CC1CC1C1(CN)CC(O)C1. The third-order valence-electron chi connectivity index (χ3n) is 3.59. The van der Waals surface area contributed by atoms with Crippen molar-refractivity contribution in [2.45, 2.75) is 32.3 Å². The predicted molar refractivity (Wildman–Crippen MR) is 44.0 cm³/mol. The van der Waals surface area contributed by atoms with E-state index in [2.05, 4.69) is 6.92 Å². The van der Waals surface area contributed by atoms with E-state index in [1.54, 1.807) is 0 Å². The predicted octanol–water partition coefficient (Wildman–Crippen LogP) is 0.742. The van der Waals surface area contributed by atoms with E-state index in [1.807, 2.05) is 0 Å². The van der Waals surface area contributed by atoms with Gasteiger partial charge in [-0.15, -0.1) is 0 Å². The van der Waals surface area contributed by atoms with Crippen LogP contribution in [-0.2, 0) is 0 Å². The molecule has 2 fully saturated rings. The number of nitrogens with two attached hydrogens (primary N) is 1. The van der Waals surface area contributed by atoms with E-state index in [0.29, 0.717) is 5.41 Å². The molecule has 0 bridgehead atoms. The molecular formula is C9H17NO. The first kappa shape index (κ1) is 7.56. The normalized spacial score (nSPS) is 55.4. The van der Waals surface area contributed by atoms with Crippen molar-refractivity contribution in [2.24, 2.45) is 23.0 Å². The fourth-order valence-electron chi connectivity index (χ4n) is 2.68. The van der Waals surface area contributed by atoms with Gasteiger partial charge in [0, 0.05) is 0 Å². The van der Waals surface area contributed by atoms with Crippen LogP contribution in [0.1, 0.15) is 26.2 Å². The number of hydrogen-bond acceptors (Lipinski definition) is 2.